The molecule has 0 atom stereocenters. The molecule has 1 aromatic heterocycles. The van der Waals surface area contributed by atoms with Crippen LogP contribution in [0.2, 0.25) is 0 Å². The summed E-state index contributed by atoms with van der Waals surface area (Å²) in [5.41, 5.74) is 8.13. The van der Waals surface area contributed by atoms with Crippen LogP contribution in [0, 0.1) is 6.92 Å². The number of nitrogens with two attached hydrogens (primary N) is 1. The van der Waals surface area contributed by atoms with E-state index in [1.165, 1.54) is 0 Å². The first-order valence-corrected chi connectivity index (χ1v) is 6.23. The zero-order valence-corrected chi connectivity index (χ0v) is 10.7. The topological polar surface area (TPSA) is 72.4 Å². The van der Waals surface area contributed by atoms with Crippen molar-refractivity contribution in [2.24, 2.45) is 0 Å². The molecule has 98 valence electrons. The molecule has 0 bridgehead atoms. The lowest BCUT2D eigenvalue weighted by Crippen LogP contribution is -2.35. The third-order valence-corrected chi connectivity index (χ3v) is 3.33. The fraction of sp³-hybridized carbons (Fsp3) is 0.286. The summed E-state index contributed by atoms with van der Waals surface area (Å²) in [5.74, 6) is 0.817. The number of benzene rings is 1. The Bertz CT molecular complexity index is 616. The molecule has 1 aliphatic rings. The van der Waals surface area contributed by atoms with Gasteiger partial charge < -0.3 is 15.1 Å². The average molecular weight is 257 g/mol. The van der Waals surface area contributed by atoms with Crippen LogP contribution in [-0.4, -0.2) is 22.3 Å². The smallest absolute Gasteiger partial charge is 0.292 e. The Hall–Kier alpha value is -2.30. The molecule has 2 aromatic rings. The normalized spacial score (nSPS) is 14.3. The molecule has 0 fully saturated rings. The molecule has 0 spiro atoms. The maximum atomic E-state index is 12.4. The number of amides is 1. The van der Waals surface area contributed by atoms with Gasteiger partial charge in [-0.1, -0.05) is 17.7 Å². The Kier molecular flexibility index (Phi) is 2.74. The summed E-state index contributed by atoms with van der Waals surface area (Å²) >= 11 is 0. The molecule has 1 amide bonds. The number of aromatic nitrogens is 1. The first kappa shape index (κ1) is 11.8. The lowest BCUT2D eigenvalue weighted by Gasteiger charge is -2.25. The number of rotatable bonds is 1. The van der Waals surface area contributed by atoms with Gasteiger partial charge in [-0.25, -0.2) is 0 Å². The number of carbonyl (C=O) groups is 1. The van der Waals surface area contributed by atoms with E-state index in [9.17, 15) is 4.79 Å². The first-order chi connectivity index (χ1) is 9.13. The fourth-order valence-corrected chi connectivity index (χ4v) is 2.27. The molecule has 5 nitrogen and oxygen atoms in total. The van der Waals surface area contributed by atoms with Gasteiger partial charge in [0.15, 0.2) is 0 Å². The molecule has 1 aliphatic heterocycles. The zero-order chi connectivity index (χ0) is 13.4. The van der Waals surface area contributed by atoms with Crippen LogP contribution >= 0.6 is 0 Å². The van der Waals surface area contributed by atoms with Gasteiger partial charge >= 0.3 is 0 Å². The third kappa shape index (κ3) is 2.19. The maximum Gasteiger partial charge on any atom is 0.292 e. The van der Waals surface area contributed by atoms with Gasteiger partial charge in [-0.05, 0) is 19.1 Å². The standard InChI is InChI=1S/C14H15N3O2/c1-9-2-4-10(5-3-9)13(18)17-7-6-12-11(8-17)16-14(15)19-12/h2-5H,6-8H2,1H3,(H2,15,16). The van der Waals surface area contributed by atoms with Crippen LogP contribution in [0.4, 0.5) is 6.01 Å². The molecule has 0 aliphatic carbocycles. The molecule has 3 rings (SSSR count). The average Bonchev–Trinajstić information content (AvgIpc) is 2.77. The van der Waals surface area contributed by atoms with E-state index < -0.39 is 0 Å². The molecule has 2 N–H and O–H groups in total. The second-order valence-corrected chi connectivity index (χ2v) is 4.76. The number of hydrogen-bond donors (Lipinski definition) is 1. The summed E-state index contributed by atoms with van der Waals surface area (Å²) in [7, 11) is 0. The molecular formula is C14H15N3O2. The Morgan fingerprint density at radius 3 is 2.84 bits per heavy atom. The minimum Gasteiger partial charge on any atom is -0.428 e. The van der Waals surface area contributed by atoms with E-state index in [1.54, 1.807) is 4.90 Å². The van der Waals surface area contributed by atoms with Crippen molar-refractivity contribution in [3.8, 4) is 0 Å². The van der Waals surface area contributed by atoms with Crippen molar-refractivity contribution in [3.05, 3.63) is 46.8 Å². The summed E-state index contributed by atoms with van der Waals surface area (Å²) in [6.07, 6.45) is 0.664. The second-order valence-electron chi connectivity index (χ2n) is 4.76. The summed E-state index contributed by atoms with van der Waals surface area (Å²) in [5, 5.41) is 0. The predicted octanol–water partition coefficient (Wildman–Crippen LogP) is 1.76. The number of oxazole rings is 1. The Morgan fingerprint density at radius 2 is 2.11 bits per heavy atom. The minimum atomic E-state index is 0.0206. The van der Waals surface area contributed by atoms with Crippen molar-refractivity contribution in [2.75, 3.05) is 12.3 Å². The van der Waals surface area contributed by atoms with E-state index in [4.69, 9.17) is 10.2 Å². The van der Waals surface area contributed by atoms with Crippen molar-refractivity contribution in [3.63, 3.8) is 0 Å². The molecule has 2 heterocycles. The van der Waals surface area contributed by atoms with Gasteiger partial charge in [0.1, 0.15) is 11.5 Å². The highest BCUT2D eigenvalue weighted by Crippen LogP contribution is 2.22. The van der Waals surface area contributed by atoms with Crippen molar-refractivity contribution in [1.82, 2.24) is 9.88 Å². The second kappa shape index (κ2) is 4.42. The van der Waals surface area contributed by atoms with E-state index in [0.717, 1.165) is 17.0 Å². The highest BCUT2D eigenvalue weighted by Gasteiger charge is 2.25. The molecule has 0 saturated carbocycles. The SMILES string of the molecule is Cc1ccc(C(=O)N2CCc3oc(N)nc3C2)cc1. The van der Waals surface area contributed by atoms with E-state index in [2.05, 4.69) is 4.98 Å². The van der Waals surface area contributed by atoms with Crippen LogP contribution in [0.1, 0.15) is 27.4 Å². The molecule has 5 heteroatoms. The summed E-state index contributed by atoms with van der Waals surface area (Å²) in [6.45, 7) is 3.09. The monoisotopic (exact) mass is 257 g/mol. The number of carbonyl (C=O) groups excluding carboxylic acids is 1. The number of nitrogens with zero attached hydrogens (tertiary/aromatic N) is 2. The van der Waals surface area contributed by atoms with E-state index in [-0.39, 0.29) is 11.9 Å². The minimum absolute atomic E-state index is 0.0206. The molecule has 1 aromatic carbocycles. The molecule has 0 radical (unpaired) electrons. The zero-order valence-electron chi connectivity index (χ0n) is 10.7. The van der Waals surface area contributed by atoms with Crippen LogP contribution in [0.25, 0.3) is 0 Å². The summed E-state index contributed by atoms with van der Waals surface area (Å²) < 4.78 is 5.28. The first-order valence-electron chi connectivity index (χ1n) is 6.23. The summed E-state index contributed by atoms with van der Waals surface area (Å²) in [6, 6.07) is 7.76. The van der Waals surface area contributed by atoms with Crippen LogP contribution in [0.5, 0.6) is 0 Å². The molecule has 0 saturated heterocycles. The van der Waals surface area contributed by atoms with E-state index in [1.807, 2.05) is 31.2 Å². The van der Waals surface area contributed by atoms with Crippen LogP contribution in [0.15, 0.2) is 28.7 Å². The highest BCUT2D eigenvalue weighted by molar-refractivity contribution is 5.94. The molecular weight excluding hydrogens is 242 g/mol. The van der Waals surface area contributed by atoms with Gasteiger partial charge in [0.2, 0.25) is 0 Å². The Labute approximate surface area is 111 Å². The van der Waals surface area contributed by atoms with Crippen LogP contribution in [0.3, 0.4) is 0 Å². The van der Waals surface area contributed by atoms with Gasteiger partial charge in [0.25, 0.3) is 11.9 Å². The lowest BCUT2D eigenvalue weighted by molar-refractivity contribution is 0.0728. The van der Waals surface area contributed by atoms with Gasteiger partial charge in [-0.2, -0.15) is 4.98 Å². The van der Waals surface area contributed by atoms with Crippen LogP contribution < -0.4 is 5.73 Å². The predicted molar refractivity (Wildman–Crippen MR) is 70.5 cm³/mol. The number of fused-ring (bicyclic) bond motifs is 1. The van der Waals surface area contributed by atoms with Gasteiger partial charge in [-0.3, -0.25) is 4.79 Å². The van der Waals surface area contributed by atoms with Crippen molar-refractivity contribution >= 4 is 11.9 Å². The Morgan fingerprint density at radius 1 is 1.37 bits per heavy atom. The number of aryl methyl sites for hydroxylation is 1. The summed E-state index contributed by atoms with van der Waals surface area (Å²) in [4.78, 5) is 18.2. The third-order valence-electron chi connectivity index (χ3n) is 3.33. The van der Waals surface area contributed by atoms with Crippen molar-refractivity contribution < 1.29 is 9.21 Å². The quantitative estimate of drug-likeness (QED) is 0.845. The molecule has 0 unspecified atom stereocenters. The lowest BCUT2D eigenvalue weighted by atomic mass is 10.1. The maximum absolute atomic E-state index is 12.4. The number of anilines is 1. The van der Waals surface area contributed by atoms with Crippen LogP contribution in [-0.2, 0) is 13.0 Å². The van der Waals surface area contributed by atoms with E-state index in [0.29, 0.717) is 25.1 Å². The Balaban J connectivity index is 1.81. The van der Waals surface area contributed by atoms with E-state index >= 15 is 0 Å². The van der Waals surface area contributed by atoms with Gasteiger partial charge in [0.05, 0.1) is 6.54 Å². The molecule has 19 heavy (non-hydrogen) atoms. The van der Waals surface area contributed by atoms with Gasteiger partial charge in [-0.15, -0.1) is 0 Å². The van der Waals surface area contributed by atoms with Crippen molar-refractivity contribution in [2.45, 2.75) is 19.9 Å². The van der Waals surface area contributed by atoms with Gasteiger partial charge in [0, 0.05) is 18.5 Å². The number of nitrogen functional groups attached to an aromatic ring is 1. The number of hydrogen-bond acceptors (Lipinski definition) is 4. The highest BCUT2D eigenvalue weighted by atomic mass is 16.4. The van der Waals surface area contributed by atoms with Crippen molar-refractivity contribution in [1.29, 1.82) is 0 Å². The fourth-order valence-electron chi connectivity index (χ4n) is 2.27. The largest absolute Gasteiger partial charge is 0.428 e.